The first-order valence-corrected chi connectivity index (χ1v) is 9.80. The molecule has 3 rings (SSSR count). The summed E-state index contributed by atoms with van der Waals surface area (Å²) in [5, 5.41) is 19.9. The van der Waals surface area contributed by atoms with Crippen LogP contribution in [0.1, 0.15) is 22.2 Å². The van der Waals surface area contributed by atoms with E-state index in [0.29, 0.717) is 22.5 Å². The van der Waals surface area contributed by atoms with Crippen LogP contribution in [-0.4, -0.2) is 40.5 Å². The fourth-order valence-corrected chi connectivity index (χ4v) is 4.10. The van der Waals surface area contributed by atoms with Gasteiger partial charge in [0.2, 0.25) is 6.54 Å². The van der Waals surface area contributed by atoms with Crippen LogP contribution in [0.5, 0.6) is 11.5 Å². The molecule has 0 saturated heterocycles. The summed E-state index contributed by atoms with van der Waals surface area (Å²) in [5.41, 5.74) is 2.80. The number of aryl methyl sites for hydroxylation is 2. The Labute approximate surface area is 173 Å². The molecule has 8 nitrogen and oxygen atoms in total. The topological polar surface area (TPSA) is 92.3 Å². The Morgan fingerprint density at radius 2 is 1.76 bits per heavy atom. The van der Waals surface area contributed by atoms with Crippen LogP contribution in [0.25, 0.3) is 5.69 Å². The zero-order chi connectivity index (χ0) is 21.0. The Hall–Kier alpha value is -3.07. The first-order chi connectivity index (χ1) is 13.9. The van der Waals surface area contributed by atoms with Crippen molar-refractivity contribution < 1.29 is 14.4 Å². The lowest BCUT2D eigenvalue weighted by Gasteiger charge is -2.16. The molecule has 1 heterocycles. The summed E-state index contributed by atoms with van der Waals surface area (Å²) < 4.78 is 12.5. The molecule has 0 fully saturated rings. The van der Waals surface area contributed by atoms with Crippen molar-refractivity contribution >= 4 is 11.8 Å². The van der Waals surface area contributed by atoms with Gasteiger partial charge in [-0.15, -0.1) is 10.2 Å². The quantitative estimate of drug-likeness (QED) is 0.312. The number of benzene rings is 2. The second-order valence-electron chi connectivity index (χ2n) is 6.44. The second kappa shape index (κ2) is 8.95. The van der Waals surface area contributed by atoms with Gasteiger partial charge in [-0.1, -0.05) is 35.5 Å². The summed E-state index contributed by atoms with van der Waals surface area (Å²) in [6.45, 7) is 3.61. The first-order valence-electron chi connectivity index (χ1n) is 8.92. The number of ether oxygens (including phenoxy) is 2. The van der Waals surface area contributed by atoms with Crippen molar-refractivity contribution in [1.82, 2.24) is 14.8 Å². The van der Waals surface area contributed by atoms with Crippen LogP contribution in [-0.2, 0) is 0 Å². The average Bonchev–Trinajstić information content (AvgIpc) is 3.07. The lowest BCUT2D eigenvalue weighted by molar-refractivity contribution is -0.479. The van der Waals surface area contributed by atoms with E-state index in [2.05, 4.69) is 10.2 Å². The SMILES string of the molecule is COc1ccc([C@H](C[N+](=O)[O-])Sc2nnc(C)n2-c2ccc(C)cc2)cc1OC. The number of aromatic nitrogens is 3. The van der Waals surface area contributed by atoms with E-state index >= 15 is 0 Å². The molecular weight excluding hydrogens is 392 g/mol. The first kappa shape index (κ1) is 20.7. The zero-order valence-corrected chi connectivity index (χ0v) is 17.5. The van der Waals surface area contributed by atoms with Crippen molar-refractivity contribution in [2.24, 2.45) is 0 Å². The number of thioether (sulfide) groups is 1. The molecule has 1 aromatic heterocycles. The standard InChI is InChI=1S/C20H22N4O4S/c1-13-5-8-16(9-6-13)24-14(2)21-22-20(24)29-19(12-23(25)26)15-7-10-17(27-3)18(11-15)28-4/h5-11,19H,12H2,1-4H3/t19-/m0/s1. The van der Waals surface area contributed by atoms with E-state index in [1.807, 2.05) is 48.7 Å². The van der Waals surface area contributed by atoms with Crippen molar-refractivity contribution in [3.8, 4) is 17.2 Å². The summed E-state index contributed by atoms with van der Waals surface area (Å²) >= 11 is 1.30. The van der Waals surface area contributed by atoms with Crippen LogP contribution in [0.2, 0.25) is 0 Å². The Balaban J connectivity index is 1.98. The van der Waals surface area contributed by atoms with Gasteiger partial charge in [0.05, 0.1) is 14.2 Å². The average molecular weight is 414 g/mol. The van der Waals surface area contributed by atoms with E-state index in [4.69, 9.17) is 9.47 Å². The normalized spacial score (nSPS) is 11.9. The van der Waals surface area contributed by atoms with E-state index in [0.717, 1.165) is 16.8 Å². The second-order valence-corrected chi connectivity index (χ2v) is 7.61. The van der Waals surface area contributed by atoms with Gasteiger partial charge in [0.15, 0.2) is 16.7 Å². The van der Waals surface area contributed by atoms with E-state index in [1.165, 1.54) is 18.9 Å². The molecule has 0 aliphatic rings. The minimum Gasteiger partial charge on any atom is -0.493 e. The third-order valence-electron chi connectivity index (χ3n) is 4.43. The van der Waals surface area contributed by atoms with Crippen molar-refractivity contribution in [2.75, 3.05) is 20.8 Å². The fraction of sp³-hybridized carbons (Fsp3) is 0.300. The van der Waals surface area contributed by atoms with E-state index in [9.17, 15) is 10.1 Å². The number of hydrogen-bond donors (Lipinski definition) is 0. The molecule has 9 heteroatoms. The highest BCUT2D eigenvalue weighted by Crippen LogP contribution is 2.39. The van der Waals surface area contributed by atoms with Crippen LogP contribution in [0, 0.1) is 24.0 Å². The number of methoxy groups -OCH3 is 2. The number of nitro groups is 1. The number of nitrogens with zero attached hydrogens (tertiary/aromatic N) is 4. The van der Waals surface area contributed by atoms with Crippen LogP contribution < -0.4 is 9.47 Å². The molecule has 0 bridgehead atoms. The van der Waals surface area contributed by atoms with Crippen LogP contribution in [0.15, 0.2) is 47.6 Å². The summed E-state index contributed by atoms with van der Waals surface area (Å²) in [4.78, 5) is 11.0. The monoisotopic (exact) mass is 414 g/mol. The van der Waals surface area contributed by atoms with Crippen LogP contribution in [0.3, 0.4) is 0 Å². The van der Waals surface area contributed by atoms with Crippen molar-refractivity contribution in [1.29, 1.82) is 0 Å². The molecule has 0 N–H and O–H groups in total. The minimum atomic E-state index is -0.474. The Morgan fingerprint density at radius 3 is 2.38 bits per heavy atom. The molecule has 0 radical (unpaired) electrons. The van der Waals surface area contributed by atoms with E-state index in [-0.39, 0.29) is 11.5 Å². The molecule has 0 amide bonds. The van der Waals surface area contributed by atoms with Gasteiger partial charge in [0.25, 0.3) is 0 Å². The molecule has 152 valence electrons. The Bertz CT molecular complexity index is 1000. The molecule has 0 unspecified atom stereocenters. The van der Waals surface area contributed by atoms with Crippen molar-refractivity contribution in [2.45, 2.75) is 24.3 Å². The highest BCUT2D eigenvalue weighted by molar-refractivity contribution is 7.99. The van der Waals surface area contributed by atoms with Gasteiger partial charge in [-0.25, -0.2) is 0 Å². The van der Waals surface area contributed by atoms with Crippen LogP contribution in [0.4, 0.5) is 0 Å². The maximum atomic E-state index is 11.3. The summed E-state index contributed by atoms with van der Waals surface area (Å²) in [5.74, 6) is 1.80. The van der Waals surface area contributed by atoms with Gasteiger partial charge >= 0.3 is 0 Å². The number of hydrogen-bond acceptors (Lipinski definition) is 7. The molecule has 29 heavy (non-hydrogen) atoms. The van der Waals surface area contributed by atoms with Gasteiger partial charge in [-0.3, -0.25) is 14.7 Å². The summed E-state index contributed by atoms with van der Waals surface area (Å²) in [7, 11) is 3.09. The minimum absolute atomic E-state index is 0.264. The van der Waals surface area contributed by atoms with Gasteiger partial charge < -0.3 is 9.47 Å². The molecule has 0 saturated carbocycles. The maximum Gasteiger partial charge on any atom is 0.220 e. The molecule has 2 aromatic carbocycles. The highest BCUT2D eigenvalue weighted by Gasteiger charge is 2.25. The molecule has 0 aliphatic carbocycles. The van der Waals surface area contributed by atoms with Crippen LogP contribution >= 0.6 is 11.8 Å². The third kappa shape index (κ3) is 4.68. The number of rotatable bonds is 8. The van der Waals surface area contributed by atoms with E-state index in [1.54, 1.807) is 19.2 Å². The molecular formula is C20H22N4O4S. The third-order valence-corrected chi connectivity index (χ3v) is 5.61. The van der Waals surface area contributed by atoms with Gasteiger partial charge in [0, 0.05) is 10.6 Å². The van der Waals surface area contributed by atoms with Crippen molar-refractivity contribution in [3.63, 3.8) is 0 Å². The van der Waals surface area contributed by atoms with Crippen molar-refractivity contribution in [3.05, 3.63) is 69.5 Å². The Morgan fingerprint density at radius 1 is 1.07 bits per heavy atom. The fourth-order valence-electron chi connectivity index (χ4n) is 2.94. The lowest BCUT2D eigenvalue weighted by Crippen LogP contribution is -2.11. The molecule has 0 spiro atoms. The van der Waals surface area contributed by atoms with Gasteiger partial charge in [-0.05, 0) is 43.7 Å². The van der Waals surface area contributed by atoms with Gasteiger partial charge in [0.1, 0.15) is 11.1 Å². The molecule has 3 aromatic rings. The highest BCUT2D eigenvalue weighted by atomic mass is 32.2. The van der Waals surface area contributed by atoms with E-state index < -0.39 is 5.25 Å². The van der Waals surface area contributed by atoms with Gasteiger partial charge in [-0.2, -0.15) is 0 Å². The summed E-state index contributed by atoms with van der Waals surface area (Å²) in [6.07, 6.45) is 0. The zero-order valence-electron chi connectivity index (χ0n) is 16.7. The predicted molar refractivity (Wildman–Crippen MR) is 111 cm³/mol. The smallest absolute Gasteiger partial charge is 0.220 e. The molecule has 0 aliphatic heterocycles. The predicted octanol–water partition coefficient (Wildman–Crippen LogP) is 4.01. The Kier molecular flexibility index (Phi) is 6.38. The largest absolute Gasteiger partial charge is 0.493 e. The maximum absolute atomic E-state index is 11.3. The lowest BCUT2D eigenvalue weighted by atomic mass is 10.1. The molecule has 1 atom stereocenters. The summed E-state index contributed by atoms with van der Waals surface area (Å²) in [6, 6.07) is 13.3.